The molecule has 2 N–H and O–H groups in total. The van der Waals surface area contributed by atoms with E-state index in [0.29, 0.717) is 18.0 Å². The van der Waals surface area contributed by atoms with Gasteiger partial charge in [-0.1, -0.05) is 18.2 Å². The van der Waals surface area contributed by atoms with Crippen LogP contribution in [0.15, 0.2) is 30.5 Å². The van der Waals surface area contributed by atoms with Gasteiger partial charge in [0.15, 0.2) is 0 Å². The van der Waals surface area contributed by atoms with Gasteiger partial charge in [-0.05, 0) is 38.0 Å². The molecule has 1 aromatic carbocycles. The van der Waals surface area contributed by atoms with E-state index < -0.39 is 0 Å². The molecule has 0 bridgehead atoms. The summed E-state index contributed by atoms with van der Waals surface area (Å²) in [7, 11) is 0. The fourth-order valence-corrected chi connectivity index (χ4v) is 2.15. The Balaban J connectivity index is 2.54. The van der Waals surface area contributed by atoms with Crippen molar-refractivity contribution in [3.63, 3.8) is 0 Å². The van der Waals surface area contributed by atoms with Gasteiger partial charge >= 0.3 is 5.97 Å². The molecule has 1 heterocycles. The molecule has 0 radical (unpaired) electrons. The first-order valence-electron chi connectivity index (χ1n) is 6.26. The van der Waals surface area contributed by atoms with Crippen LogP contribution in [0.5, 0.6) is 0 Å². The van der Waals surface area contributed by atoms with E-state index in [1.165, 1.54) is 0 Å². The number of aryl methyl sites for hydroxylation is 2. The second-order valence-electron chi connectivity index (χ2n) is 4.45. The molecule has 2 rings (SSSR count). The van der Waals surface area contributed by atoms with Gasteiger partial charge in [-0.15, -0.1) is 0 Å². The summed E-state index contributed by atoms with van der Waals surface area (Å²) < 4.78 is 6.87. The van der Waals surface area contributed by atoms with Crippen LogP contribution in [0.4, 0.5) is 5.82 Å². The topological polar surface area (TPSA) is 57.2 Å². The average Bonchev–Trinajstić information content (AvgIpc) is 2.66. The number of nitrogens with two attached hydrogens (primary N) is 1. The number of nitrogens with zero attached hydrogens (tertiary/aromatic N) is 1. The second-order valence-corrected chi connectivity index (χ2v) is 4.45. The quantitative estimate of drug-likeness (QED) is 0.861. The molecule has 0 amide bonds. The predicted octanol–water partition coefficient (Wildman–Crippen LogP) is 2.85. The third-order valence-electron chi connectivity index (χ3n) is 3.09. The molecule has 0 aliphatic carbocycles. The van der Waals surface area contributed by atoms with Crippen LogP contribution in [0.3, 0.4) is 0 Å². The summed E-state index contributed by atoms with van der Waals surface area (Å²) >= 11 is 0. The zero-order valence-corrected chi connectivity index (χ0v) is 11.4. The molecule has 0 aliphatic heterocycles. The maximum absolute atomic E-state index is 11.9. The minimum absolute atomic E-state index is 0.341. The Morgan fingerprint density at radius 2 is 1.95 bits per heavy atom. The zero-order chi connectivity index (χ0) is 14.0. The van der Waals surface area contributed by atoms with E-state index in [-0.39, 0.29) is 5.97 Å². The van der Waals surface area contributed by atoms with E-state index >= 15 is 0 Å². The van der Waals surface area contributed by atoms with Gasteiger partial charge in [0, 0.05) is 11.9 Å². The Labute approximate surface area is 112 Å². The maximum atomic E-state index is 11.9. The van der Waals surface area contributed by atoms with Crippen molar-refractivity contribution in [1.82, 2.24) is 4.57 Å². The fraction of sp³-hybridized carbons (Fsp3) is 0.267. The SMILES string of the molecule is CCOC(=O)c1c(C)cn(-c2ccccc2C)c1N. The van der Waals surface area contributed by atoms with E-state index in [4.69, 9.17) is 10.5 Å². The highest BCUT2D eigenvalue weighted by Crippen LogP contribution is 2.26. The fourth-order valence-electron chi connectivity index (χ4n) is 2.15. The highest BCUT2D eigenvalue weighted by atomic mass is 16.5. The molecule has 0 unspecified atom stereocenters. The van der Waals surface area contributed by atoms with Gasteiger partial charge in [0.2, 0.25) is 0 Å². The molecule has 2 aromatic rings. The summed E-state index contributed by atoms with van der Waals surface area (Å²) in [5.74, 6) is 0.0510. The maximum Gasteiger partial charge on any atom is 0.342 e. The van der Waals surface area contributed by atoms with Crippen molar-refractivity contribution >= 4 is 11.8 Å². The van der Waals surface area contributed by atoms with Crippen molar-refractivity contribution in [3.8, 4) is 5.69 Å². The van der Waals surface area contributed by atoms with Crippen molar-refractivity contribution < 1.29 is 9.53 Å². The Morgan fingerprint density at radius 1 is 1.26 bits per heavy atom. The lowest BCUT2D eigenvalue weighted by Crippen LogP contribution is -2.09. The number of aromatic nitrogens is 1. The zero-order valence-electron chi connectivity index (χ0n) is 11.4. The Hall–Kier alpha value is -2.23. The van der Waals surface area contributed by atoms with Gasteiger partial charge in [0.05, 0.1) is 6.61 Å². The highest BCUT2D eigenvalue weighted by Gasteiger charge is 2.20. The number of carbonyl (C=O) groups is 1. The molecule has 0 saturated heterocycles. The second kappa shape index (κ2) is 5.18. The Bertz CT molecular complexity index is 615. The number of carbonyl (C=O) groups excluding carboxylic acids is 1. The van der Waals surface area contributed by atoms with E-state index in [2.05, 4.69) is 0 Å². The van der Waals surface area contributed by atoms with Crippen molar-refractivity contribution in [1.29, 1.82) is 0 Å². The molecule has 4 heteroatoms. The van der Waals surface area contributed by atoms with Crippen molar-refractivity contribution in [2.24, 2.45) is 0 Å². The van der Waals surface area contributed by atoms with E-state index in [1.54, 1.807) is 6.92 Å². The molecular weight excluding hydrogens is 240 g/mol. The van der Waals surface area contributed by atoms with E-state index in [1.807, 2.05) is 48.9 Å². The summed E-state index contributed by atoms with van der Waals surface area (Å²) in [4.78, 5) is 11.9. The lowest BCUT2D eigenvalue weighted by atomic mass is 10.2. The van der Waals surface area contributed by atoms with Crippen LogP contribution >= 0.6 is 0 Å². The number of anilines is 1. The molecule has 0 spiro atoms. The van der Waals surface area contributed by atoms with E-state index in [0.717, 1.165) is 16.8 Å². The van der Waals surface area contributed by atoms with Crippen LogP contribution in [0.1, 0.15) is 28.4 Å². The molecule has 0 atom stereocenters. The van der Waals surface area contributed by atoms with Crippen molar-refractivity contribution in [3.05, 3.63) is 47.2 Å². The number of hydrogen-bond acceptors (Lipinski definition) is 3. The third-order valence-corrected chi connectivity index (χ3v) is 3.09. The molecular formula is C15H18N2O2. The first-order chi connectivity index (χ1) is 9.06. The monoisotopic (exact) mass is 258 g/mol. The summed E-state index contributed by atoms with van der Waals surface area (Å²) in [6, 6.07) is 7.90. The average molecular weight is 258 g/mol. The first kappa shape index (κ1) is 13.2. The lowest BCUT2D eigenvalue weighted by Gasteiger charge is -2.09. The number of ether oxygens (including phenoxy) is 1. The van der Waals surface area contributed by atoms with Gasteiger partial charge < -0.3 is 15.0 Å². The molecule has 1 aromatic heterocycles. The first-order valence-corrected chi connectivity index (χ1v) is 6.26. The Kier molecular flexibility index (Phi) is 3.60. The van der Waals surface area contributed by atoms with Crippen LogP contribution in [0.25, 0.3) is 5.69 Å². The number of esters is 1. The van der Waals surface area contributed by atoms with Gasteiger partial charge in [-0.25, -0.2) is 4.79 Å². The molecule has 0 fully saturated rings. The van der Waals surface area contributed by atoms with Gasteiger partial charge in [0.25, 0.3) is 0 Å². The standard InChI is InChI=1S/C15H18N2O2/c1-4-19-15(18)13-11(3)9-17(14(13)16)12-8-6-5-7-10(12)2/h5-9H,4,16H2,1-3H3. The van der Waals surface area contributed by atoms with Crippen LogP contribution in [-0.2, 0) is 4.74 Å². The number of hydrogen-bond donors (Lipinski definition) is 1. The minimum Gasteiger partial charge on any atom is -0.462 e. The molecule has 19 heavy (non-hydrogen) atoms. The summed E-state index contributed by atoms with van der Waals surface area (Å²) in [6.07, 6.45) is 1.86. The van der Waals surface area contributed by atoms with Gasteiger partial charge in [0.1, 0.15) is 11.4 Å². The normalized spacial score (nSPS) is 10.5. The van der Waals surface area contributed by atoms with Gasteiger partial charge in [-0.2, -0.15) is 0 Å². The lowest BCUT2D eigenvalue weighted by molar-refractivity contribution is 0.0527. The number of rotatable bonds is 3. The van der Waals surface area contributed by atoms with Crippen molar-refractivity contribution in [2.75, 3.05) is 12.3 Å². The number of para-hydroxylation sites is 1. The molecule has 100 valence electrons. The number of benzene rings is 1. The Morgan fingerprint density at radius 3 is 2.58 bits per heavy atom. The minimum atomic E-state index is -0.371. The summed E-state index contributed by atoms with van der Waals surface area (Å²) in [6.45, 7) is 5.99. The van der Waals surface area contributed by atoms with Crippen LogP contribution in [-0.4, -0.2) is 17.1 Å². The van der Waals surface area contributed by atoms with E-state index in [9.17, 15) is 4.79 Å². The summed E-state index contributed by atoms with van der Waals surface area (Å²) in [5, 5.41) is 0. The highest BCUT2D eigenvalue weighted by molar-refractivity contribution is 5.96. The third kappa shape index (κ3) is 2.34. The smallest absolute Gasteiger partial charge is 0.342 e. The summed E-state index contributed by atoms with van der Waals surface area (Å²) in [5.41, 5.74) is 9.43. The van der Waals surface area contributed by atoms with Crippen LogP contribution in [0, 0.1) is 13.8 Å². The molecule has 0 aliphatic rings. The predicted molar refractivity (Wildman–Crippen MR) is 75.6 cm³/mol. The van der Waals surface area contributed by atoms with Crippen LogP contribution in [0.2, 0.25) is 0 Å². The van der Waals surface area contributed by atoms with Crippen molar-refractivity contribution in [2.45, 2.75) is 20.8 Å². The molecule has 0 saturated carbocycles. The number of nitrogen functional groups attached to an aromatic ring is 1. The van der Waals surface area contributed by atoms with Crippen LogP contribution < -0.4 is 5.73 Å². The molecule has 4 nitrogen and oxygen atoms in total. The van der Waals surface area contributed by atoms with Gasteiger partial charge in [-0.3, -0.25) is 0 Å². The largest absolute Gasteiger partial charge is 0.462 e.